The van der Waals surface area contributed by atoms with Crippen LogP contribution in [0.1, 0.15) is 74.8 Å². The summed E-state index contributed by atoms with van der Waals surface area (Å²) in [6.45, 7) is 10.2. The maximum absolute atomic E-state index is 13.0. The molecule has 1 N–H and O–H groups in total. The van der Waals surface area contributed by atoms with Crippen LogP contribution >= 0.6 is 0 Å². The molecular formula is C17H27N3O2. The van der Waals surface area contributed by atoms with E-state index in [1.54, 1.807) is 0 Å². The maximum atomic E-state index is 13.0. The number of hydrogen-bond acceptors (Lipinski definition) is 3. The molecular weight excluding hydrogens is 278 g/mol. The van der Waals surface area contributed by atoms with E-state index in [4.69, 9.17) is 4.74 Å². The summed E-state index contributed by atoms with van der Waals surface area (Å²) in [4.78, 5) is 15.0. The summed E-state index contributed by atoms with van der Waals surface area (Å²) in [5, 5.41) is 7.37. The molecule has 0 aliphatic carbocycles. The lowest BCUT2D eigenvalue weighted by atomic mass is 9.88. The second-order valence-corrected chi connectivity index (χ2v) is 7.61. The molecule has 0 saturated carbocycles. The molecule has 5 heteroatoms. The minimum absolute atomic E-state index is 0.0200. The minimum atomic E-state index is -0.0200. The Morgan fingerprint density at radius 3 is 2.91 bits per heavy atom. The fourth-order valence-electron chi connectivity index (χ4n) is 3.75. The number of nitrogens with one attached hydrogen (secondary N) is 1. The van der Waals surface area contributed by atoms with Gasteiger partial charge in [-0.3, -0.25) is 9.89 Å². The summed E-state index contributed by atoms with van der Waals surface area (Å²) < 4.78 is 5.81. The van der Waals surface area contributed by atoms with Gasteiger partial charge in [0.1, 0.15) is 0 Å². The Balaban J connectivity index is 1.86. The van der Waals surface area contributed by atoms with E-state index >= 15 is 0 Å². The van der Waals surface area contributed by atoms with Gasteiger partial charge in [0.05, 0.1) is 17.9 Å². The van der Waals surface area contributed by atoms with Crippen LogP contribution in [0.25, 0.3) is 0 Å². The number of aromatic amines is 1. The summed E-state index contributed by atoms with van der Waals surface area (Å²) >= 11 is 0. The van der Waals surface area contributed by atoms with E-state index in [0.717, 1.165) is 37.2 Å². The van der Waals surface area contributed by atoms with Gasteiger partial charge < -0.3 is 9.64 Å². The number of carbonyl (C=O) groups excluding carboxylic acids is 1. The van der Waals surface area contributed by atoms with Crippen molar-refractivity contribution in [3.8, 4) is 0 Å². The van der Waals surface area contributed by atoms with E-state index in [9.17, 15) is 4.79 Å². The van der Waals surface area contributed by atoms with E-state index in [0.29, 0.717) is 5.69 Å². The molecule has 2 atom stereocenters. The maximum Gasteiger partial charge on any atom is 0.274 e. The van der Waals surface area contributed by atoms with Crippen LogP contribution in [-0.4, -0.2) is 40.2 Å². The number of H-pyrrole nitrogens is 1. The van der Waals surface area contributed by atoms with Gasteiger partial charge in [-0.15, -0.1) is 0 Å². The average molecular weight is 305 g/mol. The van der Waals surface area contributed by atoms with Crippen LogP contribution < -0.4 is 0 Å². The van der Waals surface area contributed by atoms with Gasteiger partial charge in [-0.2, -0.15) is 5.10 Å². The Hall–Kier alpha value is -1.36. The van der Waals surface area contributed by atoms with Crippen LogP contribution in [0.4, 0.5) is 0 Å². The Bertz CT molecular complexity index is 564. The molecule has 5 nitrogen and oxygen atoms in total. The topological polar surface area (TPSA) is 58.2 Å². The van der Waals surface area contributed by atoms with Gasteiger partial charge in [0.15, 0.2) is 5.69 Å². The zero-order valence-electron chi connectivity index (χ0n) is 14.1. The highest BCUT2D eigenvalue weighted by Gasteiger charge is 2.33. The first kappa shape index (κ1) is 15.5. The van der Waals surface area contributed by atoms with Crippen molar-refractivity contribution in [2.75, 3.05) is 13.1 Å². The number of likely N-dealkylation sites (tertiary alicyclic amines) is 1. The number of nitrogens with zero attached hydrogens (tertiary/aromatic N) is 2. The lowest BCUT2D eigenvalue weighted by Gasteiger charge is -2.30. The van der Waals surface area contributed by atoms with Gasteiger partial charge in [0.2, 0.25) is 0 Å². The highest BCUT2D eigenvalue weighted by molar-refractivity contribution is 5.94. The molecule has 3 heterocycles. The third-order valence-electron chi connectivity index (χ3n) is 4.87. The predicted octanol–water partition coefficient (Wildman–Crippen LogP) is 3.08. The van der Waals surface area contributed by atoms with Gasteiger partial charge in [0, 0.05) is 25.1 Å². The molecule has 0 radical (unpaired) electrons. The van der Waals surface area contributed by atoms with Crippen molar-refractivity contribution in [1.82, 2.24) is 15.1 Å². The molecule has 1 aromatic heterocycles. The second-order valence-electron chi connectivity index (χ2n) is 7.61. The number of rotatable bonds is 1. The molecule has 1 aromatic rings. The van der Waals surface area contributed by atoms with Gasteiger partial charge >= 0.3 is 0 Å². The largest absolute Gasteiger partial charge is 0.369 e. The molecule has 0 unspecified atom stereocenters. The molecule has 0 aromatic carbocycles. The lowest BCUT2D eigenvalue weighted by molar-refractivity contribution is -0.00703. The Morgan fingerprint density at radius 2 is 2.14 bits per heavy atom. The molecule has 3 rings (SSSR count). The number of carbonyl (C=O) groups is 1. The number of amides is 1. The van der Waals surface area contributed by atoms with Crippen molar-refractivity contribution >= 4 is 5.91 Å². The standard InChI is InChI=1S/C17H27N3O2/c1-11-9-13-14(12(2)22-11)18-19-15(13)16(21)20-8-6-5-7-17(3,4)10-20/h11-12H,5-10H2,1-4H3,(H,18,19)/t11-,12+/m1/s1. The predicted molar refractivity (Wildman–Crippen MR) is 84.8 cm³/mol. The Morgan fingerprint density at radius 1 is 1.36 bits per heavy atom. The van der Waals surface area contributed by atoms with Gasteiger partial charge in [-0.05, 0) is 32.1 Å². The molecule has 2 aliphatic heterocycles. The highest BCUT2D eigenvalue weighted by Crippen LogP contribution is 2.32. The first-order valence-electron chi connectivity index (χ1n) is 8.39. The lowest BCUT2D eigenvalue weighted by Crippen LogP contribution is -2.38. The summed E-state index contributed by atoms with van der Waals surface area (Å²) in [5.74, 6) is 0.0776. The molecule has 2 aliphatic rings. The zero-order valence-corrected chi connectivity index (χ0v) is 14.1. The molecule has 0 spiro atoms. The highest BCUT2D eigenvalue weighted by atomic mass is 16.5. The normalized spacial score (nSPS) is 28.1. The van der Waals surface area contributed by atoms with Crippen molar-refractivity contribution in [3.63, 3.8) is 0 Å². The van der Waals surface area contributed by atoms with E-state index in [2.05, 4.69) is 31.0 Å². The van der Waals surface area contributed by atoms with Gasteiger partial charge in [-0.25, -0.2) is 0 Å². The van der Waals surface area contributed by atoms with E-state index < -0.39 is 0 Å². The van der Waals surface area contributed by atoms with Gasteiger partial charge in [-0.1, -0.05) is 20.3 Å². The number of ether oxygens (including phenoxy) is 1. The molecule has 1 saturated heterocycles. The SMILES string of the molecule is C[C@@H]1Cc2c(C(=O)N3CCCCC(C)(C)C3)n[nH]c2[C@H](C)O1. The number of aromatic nitrogens is 2. The Kier molecular flexibility index (Phi) is 4.02. The van der Waals surface area contributed by atoms with Crippen LogP contribution in [0.3, 0.4) is 0 Å². The average Bonchev–Trinajstić information content (AvgIpc) is 2.76. The van der Waals surface area contributed by atoms with E-state index in [1.807, 2.05) is 11.8 Å². The van der Waals surface area contributed by atoms with Crippen molar-refractivity contribution in [3.05, 3.63) is 17.0 Å². The summed E-state index contributed by atoms with van der Waals surface area (Å²) in [6.07, 6.45) is 4.32. The first-order valence-corrected chi connectivity index (χ1v) is 8.39. The molecule has 0 bridgehead atoms. The number of fused-ring (bicyclic) bond motifs is 1. The fraction of sp³-hybridized carbons (Fsp3) is 0.765. The molecule has 122 valence electrons. The zero-order chi connectivity index (χ0) is 15.9. The first-order chi connectivity index (χ1) is 10.4. The van der Waals surface area contributed by atoms with Crippen molar-refractivity contribution in [1.29, 1.82) is 0 Å². The number of hydrogen-bond donors (Lipinski definition) is 1. The van der Waals surface area contributed by atoms with Crippen LogP contribution in [0.5, 0.6) is 0 Å². The third kappa shape index (κ3) is 2.91. The smallest absolute Gasteiger partial charge is 0.274 e. The van der Waals surface area contributed by atoms with E-state index in [-0.39, 0.29) is 23.5 Å². The summed E-state index contributed by atoms with van der Waals surface area (Å²) in [5.41, 5.74) is 2.82. The summed E-state index contributed by atoms with van der Waals surface area (Å²) in [6, 6.07) is 0. The molecule has 1 amide bonds. The monoisotopic (exact) mass is 305 g/mol. The summed E-state index contributed by atoms with van der Waals surface area (Å²) in [7, 11) is 0. The van der Waals surface area contributed by atoms with Crippen LogP contribution in [0, 0.1) is 5.41 Å². The van der Waals surface area contributed by atoms with Crippen molar-refractivity contribution in [2.45, 2.75) is 65.6 Å². The Labute approximate surface area is 132 Å². The van der Waals surface area contributed by atoms with Crippen LogP contribution in [-0.2, 0) is 11.2 Å². The van der Waals surface area contributed by atoms with Crippen LogP contribution in [0.2, 0.25) is 0 Å². The second kappa shape index (κ2) is 5.69. The third-order valence-corrected chi connectivity index (χ3v) is 4.87. The fourth-order valence-corrected chi connectivity index (χ4v) is 3.75. The molecule has 1 fully saturated rings. The van der Waals surface area contributed by atoms with Gasteiger partial charge in [0.25, 0.3) is 5.91 Å². The van der Waals surface area contributed by atoms with Crippen molar-refractivity contribution < 1.29 is 9.53 Å². The van der Waals surface area contributed by atoms with Crippen LogP contribution in [0.15, 0.2) is 0 Å². The molecule has 22 heavy (non-hydrogen) atoms. The van der Waals surface area contributed by atoms with E-state index in [1.165, 1.54) is 12.8 Å². The quantitative estimate of drug-likeness (QED) is 0.867. The van der Waals surface area contributed by atoms with Crippen molar-refractivity contribution in [2.24, 2.45) is 5.41 Å². The minimum Gasteiger partial charge on any atom is -0.369 e.